The second kappa shape index (κ2) is 8.53. The molecular weight excluding hydrogens is 151 g/mol. The van der Waals surface area contributed by atoms with Crippen LogP contribution in [0.5, 0.6) is 0 Å². The Labute approximate surface area is 74.4 Å². The molecule has 1 fully saturated rings. The van der Waals surface area contributed by atoms with Crippen molar-refractivity contribution in [2.75, 3.05) is 0 Å². The average molecular weight is 174 g/mol. The molecule has 1 atom stereocenters. The maximum Gasteiger partial charge on any atom is -0.0264 e. The summed E-state index contributed by atoms with van der Waals surface area (Å²) in [5.74, 6) is 0. The molecule has 0 spiro atoms. The van der Waals surface area contributed by atoms with E-state index in [9.17, 15) is 0 Å². The maximum atomic E-state index is 2.91. The lowest BCUT2D eigenvalue weighted by molar-refractivity contribution is 0.516. The highest BCUT2D eigenvalue weighted by Gasteiger charge is 2.06. The molecule has 11 heavy (non-hydrogen) atoms. The summed E-state index contributed by atoms with van der Waals surface area (Å²) >= 11 is 0. The van der Waals surface area contributed by atoms with Crippen LogP contribution >= 0.6 is 9.24 Å². The van der Waals surface area contributed by atoms with Gasteiger partial charge in [-0.3, -0.25) is 0 Å². The Balaban J connectivity index is 0.000000218. The Morgan fingerprint density at radius 1 is 1.00 bits per heavy atom. The summed E-state index contributed by atoms with van der Waals surface area (Å²) in [5.41, 5.74) is 0.953. The van der Waals surface area contributed by atoms with Gasteiger partial charge in [0.2, 0.25) is 0 Å². The third kappa shape index (κ3) is 8.34. The van der Waals surface area contributed by atoms with Gasteiger partial charge in [0.25, 0.3) is 0 Å². The van der Waals surface area contributed by atoms with Gasteiger partial charge >= 0.3 is 0 Å². The lowest BCUT2D eigenvalue weighted by atomic mass is 10.0. The molecule has 0 aromatic rings. The van der Waals surface area contributed by atoms with Gasteiger partial charge in [0.15, 0.2) is 0 Å². The van der Waals surface area contributed by atoms with Crippen LogP contribution in [0.1, 0.15) is 58.8 Å². The van der Waals surface area contributed by atoms with Gasteiger partial charge in [0.05, 0.1) is 0 Å². The first-order chi connectivity index (χ1) is 5.31. The van der Waals surface area contributed by atoms with E-state index in [1.54, 1.807) is 0 Å². The first-order valence-corrected chi connectivity index (χ1v) is 5.73. The minimum atomic E-state index is 0.953. The molecule has 1 unspecified atom stereocenters. The lowest BCUT2D eigenvalue weighted by Crippen LogP contribution is -2.02. The molecule has 0 saturated heterocycles. The van der Waals surface area contributed by atoms with Crippen LogP contribution in [0, 0.1) is 0 Å². The van der Waals surface area contributed by atoms with Crippen molar-refractivity contribution in [3.8, 4) is 0 Å². The summed E-state index contributed by atoms with van der Waals surface area (Å²) in [4.78, 5) is 0. The smallest absolute Gasteiger partial charge is 0.0264 e. The van der Waals surface area contributed by atoms with Crippen molar-refractivity contribution in [1.82, 2.24) is 0 Å². The highest BCUT2D eigenvalue weighted by Crippen LogP contribution is 2.23. The molecule has 0 aliphatic heterocycles. The third-order valence-corrected chi connectivity index (χ3v) is 2.82. The van der Waals surface area contributed by atoms with E-state index in [0.29, 0.717) is 0 Å². The molecule has 0 nitrogen and oxygen atoms in total. The van der Waals surface area contributed by atoms with E-state index in [4.69, 9.17) is 0 Å². The van der Waals surface area contributed by atoms with Crippen molar-refractivity contribution in [3.05, 3.63) is 0 Å². The van der Waals surface area contributed by atoms with Gasteiger partial charge in [-0.2, -0.15) is 0 Å². The minimum absolute atomic E-state index is 0.953. The van der Waals surface area contributed by atoms with Crippen LogP contribution in [0.25, 0.3) is 0 Å². The molecule has 0 aromatic carbocycles. The topological polar surface area (TPSA) is 0 Å². The van der Waals surface area contributed by atoms with Gasteiger partial charge in [0, 0.05) is 0 Å². The molecule has 0 radical (unpaired) electrons. The monoisotopic (exact) mass is 174 g/mol. The lowest BCUT2D eigenvalue weighted by Gasteiger charge is -2.15. The zero-order valence-electron chi connectivity index (χ0n) is 8.10. The zero-order chi connectivity index (χ0) is 8.53. The minimum Gasteiger partial charge on any atom is -0.134 e. The molecule has 1 saturated carbocycles. The molecule has 1 aliphatic rings. The van der Waals surface area contributed by atoms with Gasteiger partial charge in [-0.1, -0.05) is 46.0 Å². The van der Waals surface area contributed by atoms with E-state index in [1.807, 2.05) is 0 Å². The Kier molecular flexibility index (Phi) is 8.86. The molecule has 1 aliphatic carbocycles. The summed E-state index contributed by atoms with van der Waals surface area (Å²) in [6.45, 7) is 4.36. The zero-order valence-corrected chi connectivity index (χ0v) is 9.26. The molecular formula is C10H23P. The molecule has 0 bridgehead atoms. The SMILES string of the molecule is CCCC.PC1CCCCC1. The van der Waals surface area contributed by atoms with Crippen molar-refractivity contribution in [2.45, 2.75) is 64.5 Å². The van der Waals surface area contributed by atoms with Crippen molar-refractivity contribution in [1.29, 1.82) is 0 Å². The summed E-state index contributed by atoms with van der Waals surface area (Å²) in [7, 11) is 2.91. The fourth-order valence-electron chi connectivity index (χ4n) is 1.13. The summed E-state index contributed by atoms with van der Waals surface area (Å²) in [5, 5.41) is 0. The fraction of sp³-hybridized carbons (Fsp3) is 1.00. The highest BCUT2D eigenvalue weighted by molar-refractivity contribution is 7.17. The van der Waals surface area contributed by atoms with E-state index in [2.05, 4.69) is 23.1 Å². The van der Waals surface area contributed by atoms with E-state index in [-0.39, 0.29) is 0 Å². The molecule has 0 heterocycles. The number of unbranched alkanes of at least 4 members (excludes halogenated alkanes) is 1. The van der Waals surface area contributed by atoms with E-state index >= 15 is 0 Å². The highest BCUT2D eigenvalue weighted by atomic mass is 31.0. The summed E-state index contributed by atoms with van der Waals surface area (Å²) < 4.78 is 0. The van der Waals surface area contributed by atoms with Gasteiger partial charge in [0.1, 0.15) is 0 Å². The van der Waals surface area contributed by atoms with Crippen LogP contribution in [0.2, 0.25) is 0 Å². The van der Waals surface area contributed by atoms with Gasteiger partial charge < -0.3 is 0 Å². The number of hydrogen-bond donors (Lipinski definition) is 0. The second-order valence-corrected chi connectivity index (χ2v) is 4.34. The Hall–Kier alpha value is 0.430. The predicted octanol–water partition coefficient (Wildman–Crippen LogP) is 4.00. The molecule has 0 amide bonds. The van der Waals surface area contributed by atoms with Crippen LogP contribution in [0.3, 0.4) is 0 Å². The van der Waals surface area contributed by atoms with Gasteiger partial charge in [-0.15, -0.1) is 9.24 Å². The van der Waals surface area contributed by atoms with E-state index in [0.717, 1.165) is 5.66 Å². The molecule has 1 heteroatoms. The largest absolute Gasteiger partial charge is 0.134 e. The van der Waals surface area contributed by atoms with Crippen molar-refractivity contribution < 1.29 is 0 Å². The Morgan fingerprint density at radius 3 is 1.64 bits per heavy atom. The van der Waals surface area contributed by atoms with Crippen LogP contribution < -0.4 is 0 Å². The predicted molar refractivity (Wildman–Crippen MR) is 57.2 cm³/mol. The van der Waals surface area contributed by atoms with Gasteiger partial charge in [-0.25, -0.2) is 0 Å². The molecule has 0 N–H and O–H groups in total. The van der Waals surface area contributed by atoms with Gasteiger partial charge in [-0.05, 0) is 18.5 Å². The number of rotatable bonds is 1. The Morgan fingerprint density at radius 2 is 1.45 bits per heavy atom. The van der Waals surface area contributed by atoms with E-state index in [1.165, 1.54) is 44.9 Å². The Bertz CT molecular complexity index is 63.3. The average Bonchev–Trinajstić information content (AvgIpc) is 2.07. The standard InChI is InChI=1S/C6H13P.C4H10/c7-6-4-2-1-3-5-6;1-3-4-2/h6H,1-5,7H2;3-4H2,1-2H3. The van der Waals surface area contributed by atoms with Crippen molar-refractivity contribution in [2.24, 2.45) is 0 Å². The summed E-state index contributed by atoms with van der Waals surface area (Å²) in [6.07, 6.45) is 9.95. The molecule has 1 rings (SSSR count). The quantitative estimate of drug-likeness (QED) is 0.527. The molecule has 68 valence electrons. The van der Waals surface area contributed by atoms with Crippen LogP contribution in [-0.2, 0) is 0 Å². The molecule has 0 aromatic heterocycles. The first kappa shape index (κ1) is 11.4. The normalized spacial score (nSPS) is 18.8. The number of hydrogen-bond acceptors (Lipinski definition) is 0. The van der Waals surface area contributed by atoms with Crippen molar-refractivity contribution >= 4 is 9.24 Å². The first-order valence-electron chi connectivity index (χ1n) is 5.06. The fourth-order valence-corrected chi connectivity index (χ4v) is 1.61. The summed E-state index contributed by atoms with van der Waals surface area (Å²) in [6, 6.07) is 0. The third-order valence-electron chi connectivity index (χ3n) is 2.15. The van der Waals surface area contributed by atoms with E-state index < -0.39 is 0 Å². The second-order valence-electron chi connectivity index (χ2n) is 3.40. The van der Waals surface area contributed by atoms with Crippen LogP contribution in [0.15, 0.2) is 0 Å². The van der Waals surface area contributed by atoms with Crippen molar-refractivity contribution in [3.63, 3.8) is 0 Å². The maximum absolute atomic E-state index is 2.91. The van der Waals surface area contributed by atoms with Crippen LogP contribution in [-0.4, -0.2) is 5.66 Å². The van der Waals surface area contributed by atoms with Crippen LogP contribution in [0.4, 0.5) is 0 Å².